The molecule has 0 aromatic carbocycles. The number of hydrogen-bond acceptors (Lipinski definition) is 5. The second kappa shape index (κ2) is 7.08. The van der Waals surface area contributed by atoms with E-state index in [1.165, 1.54) is 0 Å². The molecule has 3 heterocycles. The molecule has 3 amide bonds. The summed E-state index contributed by atoms with van der Waals surface area (Å²) in [4.78, 5) is 43.7. The number of carbonyl (C=O) groups is 3. The topological polar surface area (TPSA) is 91.8 Å². The SMILES string of the molecule is CNC(=O)C1CC(=O)N(C2CN(C(=O)Cc3ccc(OC)cn3)C2)C1. The number of rotatable bonds is 5. The van der Waals surface area contributed by atoms with E-state index >= 15 is 0 Å². The van der Waals surface area contributed by atoms with E-state index < -0.39 is 0 Å². The highest BCUT2D eigenvalue weighted by Crippen LogP contribution is 2.25. The highest BCUT2D eigenvalue weighted by Gasteiger charge is 2.43. The molecule has 1 aromatic rings. The molecule has 25 heavy (non-hydrogen) atoms. The van der Waals surface area contributed by atoms with Crippen LogP contribution in [0.25, 0.3) is 0 Å². The first-order valence-electron chi connectivity index (χ1n) is 8.29. The summed E-state index contributed by atoms with van der Waals surface area (Å²) in [6, 6.07) is 3.55. The van der Waals surface area contributed by atoms with Crippen LogP contribution in [-0.4, -0.2) is 72.3 Å². The van der Waals surface area contributed by atoms with Crippen LogP contribution < -0.4 is 10.1 Å². The second-order valence-corrected chi connectivity index (χ2v) is 6.38. The zero-order valence-electron chi connectivity index (χ0n) is 14.4. The molecule has 2 aliphatic rings. The molecule has 2 saturated heterocycles. The summed E-state index contributed by atoms with van der Waals surface area (Å²) in [5.74, 6) is 0.240. The number of likely N-dealkylation sites (tertiary alicyclic amines) is 2. The van der Waals surface area contributed by atoms with Gasteiger partial charge in [-0.1, -0.05) is 0 Å². The largest absolute Gasteiger partial charge is 0.495 e. The molecule has 0 saturated carbocycles. The van der Waals surface area contributed by atoms with E-state index in [9.17, 15) is 14.4 Å². The molecule has 0 aliphatic carbocycles. The quantitative estimate of drug-likeness (QED) is 0.771. The molecule has 134 valence electrons. The van der Waals surface area contributed by atoms with E-state index in [4.69, 9.17) is 4.74 Å². The first-order valence-corrected chi connectivity index (χ1v) is 8.29. The minimum Gasteiger partial charge on any atom is -0.495 e. The third-order valence-corrected chi connectivity index (χ3v) is 4.80. The van der Waals surface area contributed by atoms with Crippen molar-refractivity contribution in [3.8, 4) is 5.75 Å². The van der Waals surface area contributed by atoms with Crippen molar-refractivity contribution in [2.45, 2.75) is 18.9 Å². The summed E-state index contributed by atoms with van der Waals surface area (Å²) < 4.78 is 5.04. The van der Waals surface area contributed by atoms with E-state index in [1.54, 1.807) is 42.3 Å². The van der Waals surface area contributed by atoms with Gasteiger partial charge in [0.25, 0.3) is 0 Å². The van der Waals surface area contributed by atoms with Crippen LogP contribution in [-0.2, 0) is 20.8 Å². The van der Waals surface area contributed by atoms with Gasteiger partial charge >= 0.3 is 0 Å². The van der Waals surface area contributed by atoms with Crippen molar-refractivity contribution in [1.82, 2.24) is 20.1 Å². The summed E-state index contributed by atoms with van der Waals surface area (Å²) in [5.41, 5.74) is 0.686. The zero-order valence-corrected chi connectivity index (χ0v) is 14.4. The maximum atomic E-state index is 12.3. The maximum absolute atomic E-state index is 12.3. The number of methoxy groups -OCH3 is 1. The van der Waals surface area contributed by atoms with Gasteiger partial charge in [0.1, 0.15) is 5.75 Å². The molecule has 0 radical (unpaired) electrons. The van der Waals surface area contributed by atoms with E-state index in [0.29, 0.717) is 31.1 Å². The summed E-state index contributed by atoms with van der Waals surface area (Å²) >= 11 is 0. The smallest absolute Gasteiger partial charge is 0.228 e. The van der Waals surface area contributed by atoms with Crippen LogP contribution in [0.15, 0.2) is 18.3 Å². The Morgan fingerprint density at radius 1 is 1.32 bits per heavy atom. The van der Waals surface area contributed by atoms with Crippen molar-refractivity contribution < 1.29 is 19.1 Å². The van der Waals surface area contributed by atoms with Crippen LogP contribution in [0.1, 0.15) is 12.1 Å². The Bertz CT molecular complexity index is 670. The number of carbonyl (C=O) groups excluding carboxylic acids is 3. The molecule has 2 aliphatic heterocycles. The predicted octanol–water partition coefficient (Wildman–Crippen LogP) is -0.562. The number of hydrogen-bond donors (Lipinski definition) is 1. The molecular formula is C17H22N4O4. The Kier molecular flexibility index (Phi) is 4.87. The molecule has 8 nitrogen and oxygen atoms in total. The fourth-order valence-electron chi connectivity index (χ4n) is 3.22. The van der Waals surface area contributed by atoms with Crippen molar-refractivity contribution in [1.29, 1.82) is 0 Å². The number of pyridine rings is 1. The average molecular weight is 346 g/mol. The van der Waals surface area contributed by atoms with Gasteiger partial charge in [0.15, 0.2) is 0 Å². The molecule has 2 fully saturated rings. The molecular weight excluding hydrogens is 324 g/mol. The molecule has 1 aromatic heterocycles. The normalized spacial score (nSPS) is 20.4. The van der Waals surface area contributed by atoms with Gasteiger partial charge < -0.3 is 19.9 Å². The van der Waals surface area contributed by atoms with Crippen molar-refractivity contribution in [2.75, 3.05) is 33.8 Å². The van der Waals surface area contributed by atoms with Crippen LogP contribution >= 0.6 is 0 Å². The van der Waals surface area contributed by atoms with E-state index in [-0.39, 0.29) is 42.5 Å². The van der Waals surface area contributed by atoms with Gasteiger partial charge in [0.05, 0.1) is 31.7 Å². The third kappa shape index (κ3) is 3.57. The molecule has 0 bridgehead atoms. The first kappa shape index (κ1) is 17.2. The van der Waals surface area contributed by atoms with Gasteiger partial charge in [-0.05, 0) is 12.1 Å². The number of ether oxygens (including phenoxy) is 1. The Morgan fingerprint density at radius 2 is 2.08 bits per heavy atom. The predicted molar refractivity (Wildman–Crippen MR) is 88.7 cm³/mol. The lowest BCUT2D eigenvalue weighted by atomic mass is 10.1. The first-order chi connectivity index (χ1) is 12.0. The van der Waals surface area contributed by atoms with Gasteiger partial charge in [-0.15, -0.1) is 0 Å². The standard InChI is InChI=1S/C17H22N4O4/c1-18-17(24)11-5-16(23)21(8-11)13-9-20(10-13)15(22)6-12-3-4-14(25-2)7-19-12/h3-4,7,11,13H,5-6,8-10H2,1-2H3,(H,18,24). The molecule has 1 unspecified atom stereocenters. The summed E-state index contributed by atoms with van der Waals surface area (Å²) in [5, 5.41) is 2.59. The van der Waals surface area contributed by atoms with Crippen molar-refractivity contribution in [3.63, 3.8) is 0 Å². The lowest BCUT2D eigenvalue weighted by Gasteiger charge is -2.44. The third-order valence-electron chi connectivity index (χ3n) is 4.80. The Balaban J connectivity index is 1.49. The van der Waals surface area contributed by atoms with Crippen LogP contribution in [0.4, 0.5) is 0 Å². The molecule has 1 atom stereocenters. The number of nitrogens with one attached hydrogen (secondary N) is 1. The van der Waals surface area contributed by atoms with Crippen molar-refractivity contribution in [3.05, 3.63) is 24.0 Å². The van der Waals surface area contributed by atoms with Gasteiger partial charge in [-0.2, -0.15) is 0 Å². The van der Waals surface area contributed by atoms with Crippen LogP contribution in [0.3, 0.4) is 0 Å². The summed E-state index contributed by atoms with van der Waals surface area (Å²) in [7, 11) is 3.14. The van der Waals surface area contributed by atoms with Gasteiger partial charge in [-0.25, -0.2) is 0 Å². The molecule has 8 heteroatoms. The molecule has 0 spiro atoms. The number of amides is 3. The maximum Gasteiger partial charge on any atom is 0.228 e. The van der Waals surface area contributed by atoms with Crippen LogP contribution in [0, 0.1) is 5.92 Å². The van der Waals surface area contributed by atoms with Gasteiger partial charge in [0.2, 0.25) is 17.7 Å². The molecule has 3 rings (SSSR count). The van der Waals surface area contributed by atoms with Gasteiger partial charge in [-0.3, -0.25) is 19.4 Å². The average Bonchev–Trinajstić information content (AvgIpc) is 2.95. The summed E-state index contributed by atoms with van der Waals surface area (Å²) in [6.45, 7) is 1.47. The fourth-order valence-corrected chi connectivity index (χ4v) is 3.22. The van der Waals surface area contributed by atoms with E-state index in [1.807, 2.05) is 0 Å². The number of aromatic nitrogens is 1. The Hall–Kier alpha value is -2.64. The van der Waals surface area contributed by atoms with Crippen molar-refractivity contribution >= 4 is 17.7 Å². The van der Waals surface area contributed by atoms with Crippen molar-refractivity contribution in [2.24, 2.45) is 5.92 Å². The van der Waals surface area contributed by atoms with Crippen LogP contribution in [0.2, 0.25) is 0 Å². The summed E-state index contributed by atoms with van der Waals surface area (Å²) in [6.07, 6.45) is 2.06. The number of nitrogens with zero attached hydrogens (tertiary/aromatic N) is 3. The Morgan fingerprint density at radius 3 is 2.68 bits per heavy atom. The Labute approximate surface area is 146 Å². The van der Waals surface area contributed by atoms with Gasteiger partial charge in [0, 0.05) is 38.8 Å². The van der Waals surface area contributed by atoms with Crippen LogP contribution in [0.5, 0.6) is 5.75 Å². The lowest BCUT2D eigenvalue weighted by molar-refractivity contribution is -0.143. The molecule has 1 N–H and O–H groups in total. The van der Waals surface area contributed by atoms with E-state index in [2.05, 4.69) is 10.3 Å². The monoisotopic (exact) mass is 346 g/mol. The lowest BCUT2D eigenvalue weighted by Crippen LogP contribution is -2.61. The van der Waals surface area contributed by atoms with E-state index in [0.717, 1.165) is 0 Å². The highest BCUT2D eigenvalue weighted by atomic mass is 16.5. The highest BCUT2D eigenvalue weighted by molar-refractivity contribution is 5.89. The zero-order chi connectivity index (χ0) is 18.0. The minimum atomic E-state index is -0.286. The minimum absolute atomic E-state index is 0.00920. The second-order valence-electron chi connectivity index (χ2n) is 6.38. The fraction of sp³-hybridized carbons (Fsp3) is 0.529.